The van der Waals surface area contributed by atoms with Gasteiger partial charge in [-0.3, -0.25) is 0 Å². The predicted molar refractivity (Wildman–Crippen MR) is 73.4 cm³/mol. The average Bonchev–Trinajstić information content (AvgIpc) is 2.31. The molecule has 0 heteroatoms. The summed E-state index contributed by atoms with van der Waals surface area (Å²) in [5.41, 5.74) is 5.16. The number of hydrogen-bond donors (Lipinski definition) is 0. The molecule has 16 heavy (non-hydrogen) atoms. The summed E-state index contributed by atoms with van der Waals surface area (Å²) < 4.78 is 0. The van der Waals surface area contributed by atoms with Gasteiger partial charge in [0.15, 0.2) is 0 Å². The van der Waals surface area contributed by atoms with E-state index in [-0.39, 0.29) is 0 Å². The van der Waals surface area contributed by atoms with Crippen LogP contribution in [0.5, 0.6) is 0 Å². The minimum absolute atomic E-state index is 1.05. The van der Waals surface area contributed by atoms with Crippen molar-refractivity contribution in [2.24, 2.45) is 0 Å². The fourth-order valence-electron chi connectivity index (χ4n) is 1.49. The molecule has 0 radical (unpaired) electrons. The van der Waals surface area contributed by atoms with Gasteiger partial charge in [-0.1, -0.05) is 67.1 Å². The maximum Gasteiger partial charge on any atom is -0.0224 e. The van der Waals surface area contributed by atoms with E-state index in [2.05, 4.69) is 63.8 Å². The minimum atomic E-state index is 1.05. The maximum absolute atomic E-state index is 3.75. The summed E-state index contributed by atoms with van der Waals surface area (Å²) in [6, 6.07) is 8.68. The Morgan fingerprint density at radius 2 is 1.81 bits per heavy atom. The van der Waals surface area contributed by atoms with Crippen molar-refractivity contribution in [3.63, 3.8) is 0 Å². The SMILES string of the molecule is C=C/C(C)=C\C=C(/CC)c1ccc(C)cc1. The van der Waals surface area contributed by atoms with Gasteiger partial charge >= 0.3 is 0 Å². The van der Waals surface area contributed by atoms with Crippen LogP contribution in [0.2, 0.25) is 0 Å². The van der Waals surface area contributed by atoms with E-state index in [1.165, 1.54) is 22.3 Å². The first-order valence-electron chi connectivity index (χ1n) is 5.74. The highest BCUT2D eigenvalue weighted by Crippen LogP contribution is 2.18. The second-order valence-corrected chi connectivity index (χ2v) is 4.03. The molecule has 0 aromatic heterocycles. The van der Waals surface area contributed by atoms with Gasteiger partial charge in [0.1, 0.15) is 0 Å². The van der Waals surface area contributed by atoms with Gasteiger partial charge in [0.05, 0.1) is 0 Å². The molecule has 1 aromatic rings. The quantitative estimate of drug-likeness (QED) is 0.621. The Labute approximate surface area is 99.0 Å². The van der Waals surface area contributed by atoms with Crippen LogP contribution in [0.1, 0.15) is 31.4 Å². The maximum atomic E-state index is 3.75. The van der Waals surface area contributed by atoms with E-state index < -0.39 is 0 Å². The topological polar surface area (TPSA) is 0 Å². The molecule has 84 valence electrons. The first kappa shape index (κ1) is 12.5. The number of benzene rings is 1. The van der Waals surface area contributed by atoms with E-state index in [0.29, 0.717) is 0 Å². The number of aryl methyl sites for hydroxylation is 1. The van der Waals surface area contributed by atoms with E-state index in [1.54, 1.807) is 0 Å². The van der Waals surface area contributed by atoms with Gasteiger partial charge in [-0.25, -0.2) is 0 Å². The molecule has 0 bridgehead atoms. The molecule has 0 unspecified atom stereocenters. The van der Waals surface area contributed by atoms with Crippen molar-refractivity contribution in [1.82, 2.24) is 0 Å². The molecular weight excluding hydrogens is 192 g/mol. The Hall–Kier alpha value is -1.56. The van der Waals surface area contributed by atoms with Crippen molar-refractivity contribution in [2.75, 3.05) is 0 Å². The van der Waals surface area contributed by atoms with E-state index >= 15 is 0 Å². The molecule has 0 N–H and O–H groups in total. The summed E-state index contributed by atoms with van der Waals surface area (Å²) in [5, 5.41) is 0. The van der Waals surface area contributed by atoms with Crippen molar-refractivity contribution >= 4 is 5.57 Å². The molecule has 0 fully saturated rings. The van der Waals surface area contributed by atoms with E-state index in [9.17, 15) is 0 Å². The minimum Gasteiger partial charge on any atom is -0.0988 e. The first-order valence-corrected chi connectivity index (χ1v) is 5.74. The first-order chi connectivity index (χ1) is 7.67. The zero-order valence-corrected chi connectivity index (χ0v) is 10.5. The summed E-state index contributed by atoms with van der Waals surface area (Å²) in [6.07, 6.45) is 7.22. The highest BCUT2D eigenvalue weighted by atomic mass is 14.0. The summed E-state index contributed by atoms with van der Waals surface area (Å²) in [5.74, 6) is 0. The predicted octanol–water partition coefficient (Wildman–Crippen LogP) is 4.92. The van der Waals surface area contributed by atoms with Crippen LogP contribution in [-0.2, 0) is 0 Å². The van der Waals surface area contributed by atoms with E-state index in [1.807, 2.05) is 6.08 Å². The molecule has 0 saturated carbocycles. The largest absolute Gasteiger partial charge is 0.0988 e. The van der Waals surface area contributed by atoms with Crippen molar-refractivity contribution in [3.05, 3.63) is 65.8 Å². The summed E-state index contributed by atoms with van der Waals surface area (Å²) >= 11 is 0. The van der Waals surface area contributed by atoms with Crippen LogP contribution in [0.3, 0.4) is 0 Å². The fourth-order valence-corrected chi connectivity index (χ4v) is 1.49. The zero-order chi connectivity index (χ0) is 12.0. The van der Waals surface area contributed by atoms with E-state index in [0.717, 1.165) is 6.42 Å². The molecule has 0 atom stereocenters. The molecule has 1 aromatic carbocycles. The molecule has 0 saturated heterocycles. The summed E-state index contributed by atoms with van der Waals surface area (Å²) in [4.78, 5) is 0. The van der Waals surface area contributed by atoms with Gasteiger partial charge in [-0.2, -0.15) is 0 Å². The van der Waals surface area contributed by atoms with Gasteiger partial charge in [-0.15, -0.1) is 0 Å². The lowest BCUT2D eigenvalue weighted by Crippen LogP contribution is -1.83. The smallest absolute Gasteiger partial charge is 0.0224 e. The van der Waals surface area contributed by atoms with Crippen LogP contribution in [-0.4, -0.2) is 0 Å². The molecule has 1 rings (SSSR count). The molecule has 0 nitrogen and oxygen atoms in total. The van der Waals surface area contributed by atoms with Crippen LogP contribution in [0.25, 0.3) is 5.57 Å². The second-order valence-electron chi connectivity index (χ2n) is 4.03. The lowest BCUT2D eigenvalue weighted by Gasteiger charge is -2.04. The highest BCUT2D eigenvalue weighted by Gasteiger charge is 1.97. The standard InChI is InChI=1S/C16H20/c1-5-13(3)7-10-15(6-2)16-11-8-14(4)9-12-16/h5,7-12H,1,6H2,2-4H3/b13-7-,15-10+. The number of hydrogen-bond acceptors (Lipinski definition) is 0. The highest BCUT2D eigenvalue weighted by molar-refractivity contribution is 5.67. The Kier molecular flexibility index (Phi) is 4.78. The van der Waals surface area contributed by atoms with Crippen molar-refractivity contribution in [3.8, 4) is 0 Å². The van der Waals surface area contributed by atoms with Gasteiger partial charge < -0.3 is 0 Å². The number of rotatable bonds is 4. The zero-order valence-electron chi connectivity index (χ0n) is 10.5. The van der Waals surface area contributed by atoms with Crippen LogP contribution >= 0.6 is 0 Å². The van der Waals surface area contributed by atoms with Gasteiger partial charge in [0.2, 0.25) is 0 Å². The summed E-state index contributed by atoms with van der Waals surface area (Å²) in [6.45, 7) is 10.1. The van der Waals surface area contributed by atoms with Crippen LogP contribution in [0.4, 0.5) is 0 Å². The van der Waals surface area contributed by atoms with Gasteiger partial charge in [-0.05, 0) is 31.4 Å². The molecule has 0 aliphatic carbocycles. The molecule has 0 heterocycles. The summed E-state index contributed by atoms with van der Waals surface area (Å²) in [7, 11) is 0. The van der Waals surface area contributed by atoms with Crippen molar-refractivity contribution in [1.29, 1.82) is 0 Å². The normalized spacial score (nSPS) is 12.7. The molecule has 0 aliphatic rings. The third-order valence-corrected chi connectivity index (χ3v) is 2.67. The Bertz CT molecular complexity index is 402. The van der Waals surface area contributed by atoms with Crippen LogP contribution < -0.4 is 0 Å². The fraction of sp³-hybridized carbons (Fsp3) is 0.250. The second kappa shape index (κ2) is 6.12. The van der Waals surface area contributed by atoms with Gasteiger partial charge in [0.25, 0.3) is 0 Å². The van der Waals surface area contributed by atoms with Crippen LogP contribution in [0.15, 0.2) is 54.6 Å². The Morgan fingerprint density at radius 1 is 1.19 bits per heavy atom. The Morgan fingerprint density at radius 3 is 2.31 bits per heavy atom. The van der Waals surface area contributed by atoms with Crippen LogP contribution in [0, 0.1) is 6.92 Å². The molecule has 0 amide bonds. The average molecular weight is 212 g/mol. The number of allylic oxidation sites excluding steroid dienone is 5. The van der Waals surface area contributed by atoms with E-state index in [4.69, 9.17) is 0 Å². The third-order valence-electron chi connectivity index (χ3n) is 2.67. The molecular formula is C16H20. The monoisotopic (exact) mass is 212 g/mol. The van der Waals surface area contributed by atoms with Crippen molar-refractivity contribution < 1.29 is 0 Å². The Balaban J connectivity index is 2.98. The lowest BCUT2D eigenvalue weighted by molar-refractivity contribution is 1.23. The molecule has 0 aliphatic heterocycles. The lowest BCUT2D eigenvalue weighted by atomic mass is 10.0. The molecule has 0 spiro atoms. The van der Waals surface area contributed by atoms with Gasteiger partial charge in [0, 0.05) is 0 Å². The van der Waals surface area contributed by atoms with Crippen molar-refractivity contribution in [2.45, 2.75) is 27.2 Å². The third kappa shape index (κ3) is 3.54.